The number of alkyl halides is 3. The molecule has 0 unspecified atom stereocenters. The Bertz CT molecular complexity index is 989. The van der Waals surface area contributed by atoms with Crippen molar-refractivity contribution in [2.45, 2.75) is 45.1 Å². The molecule has 2 rings (SSSR count). The van der Waals surface area contributed by atoms with E-state index in [1.54, 1.807) is 0 Å². The SMILES string of the molecule is C[C@H](NCc1ccc(C(F)(F)F)cc1)C(=O)NC(=O)[C@H](C)NC(=O)Cc1cc(F)cc(F)c1. The summed E-state index contributed by atoms with van der Waals surface area (Å²) >= 11 is 0. The lowest BCUT2D eigenvalue weighted by Gasteiger charge is -2.17. The molecule has 3 N–H and O–H groups in total. The molecule has 11 heteroatoms. The Morgan fingerprint density at radius 2 is 1.39 bits per heavy atom. The second-order valence-electron chi connectivity index (χ2n) is 7.39. The number of carbonyl (C=O) groups is 3. The van der Waals surface area contributed by atoms with Crippen LogP contribution in [0, 0.1) is 11.6 Å². The fourth-order valence-corrected chi connectivity index (χ4v) is 2.77. The Morgan fingerprint density at radius 1 is 0.848 bits per heavy atom. The molecule has 0 aliphatic heterocycles. The molecule has 178 valence electrons. The van der Waals surface area contributed by atoms with E-state index in [-0.39, 0.29) is 18.5 Å². The van der Waals surface area contributed by atoms with Crippen molar-refractivity contribution < 1.29 is 36.3 Å². The van der Waals surface area contributed by atoms with Crippen LogP contribution in [0.2, 0.25) is 0 Å². The summed E-state index contributed by atoms with van der Waals surface area (Å²) in [6.45, 7) is 2.86. The lowest BCUT2D eigenvalue weighted by molar-refractivity contribution is -0.137. The molecule has 0 heterocycles. The molecule has 2 aromatic rings. The normalized spacial score (nSPS) is 13.2. The fourth-order valence-electron chi connectivity index (χ4n) is 2.77. The van der Waals surface area contributed by atoms with E-state index in [1.165, 1.54) is 26.0 Å². The van der Waals surface area contributed by atoms with Gasteiger partial charge >= 0.3 is 6.18 Å². The summed E-state index contributed by atoms with van der Waals surface area (Å²) in [6.07, 6.45) is -4.82. The Hall–Kier alpha value is -3.34. The first-order chi connectivity index (χ1) is 15.3. The average Bonchev–Trinajstić information content (AvgIpc) is 2.70. The van der Waals surface area contributed by atoms with Gasteiger partial charge in [-0.3, -0.25) is 19.7 Å². The van der Waals surface area contributed by atoms with Gasteiger partial charge in [0.1, 0.15) is 17.7 Å². The van der Waals surface area contributed by atoms with Crippen molar-refractivity contribution in [3.63, 3.8) is 0 Å². The minimum absolute atomic E-state index is 0.0785. The maximum absolute atomic E-state index is 13.2. The van der Waals surface area contributed by atoms with Gasteiger partial charge in [-0.2, -0.15) is 13.2 Å². The Balaban J connectivity index is 1.80. The molecule has 0 radical (unpaired) electrons. The Labute approximate surface area is 186 Å². The van der Waals surface area contributed by atoms with Crippen LogP contribution in [0.1, 0.15) is 30.5 Å². The van der Waals surface area contributed by atoms with Gasteiger partial charge in [-0.1, -0.05) is 12.1 Å². The van der Waals surface area contributed by atoms with Gasteiger partial charge in [0.25, 0.3) is 0 Å². The highest BCUT2D eigenvalue weighted by atomic mass is 19.4. The summed E-state index contributed by atoms with van der Waals surface area (Å²) in [6, 6.07) is 5.05. The van der Waals surface area contributed by atoms with Crippen LogP contribution in [-0.2, 0) is 33.5 Å². The number of imide groups is 1. The molecule has 33 heavy (non-hydrogen) atoms. The highest BCUT2D eigenvalue weighted by molar-refractivity contribution is 6.00. The smallest absolute Gasteiger partial charge is 0.344 e. The highest BCUT2D eigenvalue weighted by Crippen LogP contribution is 2.29. The van der Waals surface area contributed by atoms with Crippen molar-refractivity contribution in [1.82, 2.24) is 16.0 Å². The molecular weight excluding hydrogens is 449 g/mol. The molecule has 0 saturated carbocycles. The van der Waals surface area contributed by atoms with Crippen LogP contribution >= 0.6 is 0 Å². The number of nitrogens with one attached hydrogen (secondary N) is 3. The second-order valence-corrected chi connectivity index (χ2v) is 7.39. The maximum Gasteiger partial charge on any atom is 0.416 e. The molecular formula is C22H22F5N3O3. The molecule has 0 aromatic heterocycles. The molecule has 2 aromatic carbocycles. The van der Waals surface area contributed by atoms with E-state index in [1.807, 2.05) is 0 Å². The van der Waals surface area contributed by atoms with E-state index >= 15 is 0 Å². The number of benzene rings is 2. The van der Waals surface area contributed by atoms with Crippen molar-refractivity contribution >= 4 is 17.7 Å². The standard InChI is InChI=1S/C22H22F5N3O3/c1-12(28-11-14-3-5-16(6-4-14)22(25,26)27)20(32)30-21(33)13(2)29-19(31)9-15-7-17(23)10-18(24)8-15/h3-8,10,12-13,28H,9,11H2,1-2H3,(H,29,31)(H,30,32,33)/t12-,13-/m0/s1. The first kappa shape index (κ1) is 25.9. The zero-order valence-corrected chi connectivity index (χ0v) is 17.7. The minimum Gasteiger partial charge on any atom is -0.344 e. The van der Waals surface area contributed by atoms with Crippen molar-refractivity contribution in [2.24, 2.45) is 0 Å². The number of carbonyl (C=O) groups excluding carboxylic acids is 3. The summed E-state index contributed by atoms with van der Waals surface area (Å²) in [4.78, 5) is 36.3. The lowest BCUT2D eigenvalue weighted by atomic mass is 10.1. The number of amides is 3. The van der Waals surface area contributed by atoms with Gasteiger partial charge in [0, 0.05) is 12.6 Å². The molecule has 0 aliphatic rings. The predicted molar refractivity (Wildman–Crippen MR) is 109 cm³/mol. The summed E-state index contributed by atoms with van der Waals surface area (Å²) in [5.74, 6) is -3.87. The predicted octanol–water partition coefficient (Wildman–Crippen LogP) is 2.85. The van der Waals surface area contributed by atoms with Gasteiger partial charge < -0.3 is 10.6 Å². The van der Waals surface area contributed by atoms with E-state index in [0.717, 1.165) is 24.3 Å². The molecule has 0 spiro atoms. The molecule has 0 bridgehead atoms. The van der Waals surface area contributed by atoms with E-state index in [0.29, 0.717) is 11.6 Å². The third-order valence-corrected chi connectivity index (χ3v) is 4.59. The zero-order valence-electron chi connectivity index (χ0n) is 17.7. The van der Waals surface area contributed by atoms with Crippen LogP contribution in [0.15, 0.2) is 42.5 Å². The van der Waals surface area contributed by atoms with Crippen LogP contribution in [0.3, 0.4) is 0 Å². The average molecular weight is 471 g/mol. The van der Waals surface area contributed by atoms with Gasteiger partial charge in [-0.15, -0.1) is 0 Å². The monoisotopic (exact) mass is 471 g/mol. The van der Waals surface area contributed by atoms with E-state index in [4.69, 9.17) is 0 Å². The van der Waals surface area contributed by atoms with Gasteiger partial charge in [-0.25, -0.2) is 8.78 Å². The van der Waals surface area contributed by atoms with Gasteiger partial charge in [0.15, 0.2) is 0 Å². The topological polar surface area (TPSA) is 87.3 Å². The second kappa shape index (κ2) is 11.0. The van der Waals surface area contributed by atoms with Crippen molar-refractivity contribution in [1.29, 1.82) is 0 Å². The van der Waals surface area contributed by atoms with E-state index < -0.39 is 53.2 Å². The van der Waals surface area contributed by atoms with Crippen LogP contribution in [0.5, 0.6) is 0 Å². The van der Waals surface area contributed by atoms with Crippen LogP contribution in [-0.4, -0.2) is 29.8 Å². The van der Waals surface area contributed by atoms with Crippen molar-refractivity contribution in [2.75, 3.05) is 0 Å². The zero-order chi connectivity index (χ0) is 24.8. The molecule has 6 nitrogen and oxygen atoms in total. The summed E-state index contributed by atoms with van der Waals surface area (Å²) in [5.41, 5.74) is -0.209. The third kappa shape index (κ3) is 8.26. The Morgan fingerprint density at radius 3 is 1.94 bits per heavy atom. The fraction of sp³-hybridized carbons (Fsp3) is 0.318. The van der Waals surface area contributed by atoms with Crippen LogP contribution < -0.4 is 16.0 Å². The quantitative estimate of drug-likeness (QED) is 0.517. The van der Waals surface area contributed by atoms with Crippen molar-refractivity contribution in [3.05, 3.63) is 70.8 Å². The maximum atomic E-state index is 13.2. The van der Waals surface area contributed by atoms with Crippen molar-refractivity contribution in [3.8, 4) is 0 Å². The van der Waals surface area contributed by atoms with E-state index in [2.05, 4.69) is 16.0 Å². The summed E-state index contributed by atoms with van der Waals surface area (Å²) in [5, 5.41) is 7.22. The minimum atomic E-state index is -4.45. The molecule has 0 saturated heterocycles. The summed E-state index contributed by atoms with van der Waals surface area (Å²) < 4.78 is 64.2. The number of hydrogen-bond acceptors (Lipinski definition) is 4. The highest BCUT2D eigenvalue weighted by Gasteiger charge is 2.30. The van der Waals surface area contributed by atoms with Crippen LogP contribution in [0.25, 0.3) is 0 Å². The van der Waals surface area contributed by atoms with Gasteiger partial charge in [0.2, 0.25) is 17.7 Å². The molecule has 2 atom stereocenters. The van der Waals surface area contributed by atoms with Gasteiger partial charge in [0.05, 0.1) is 18.0 Å². The summed E-state index contributed by atoms with van der Waals surface area (Å²) in [7, 11) is 0. The third-order valence-electron chi connectivity index (χ3n) is 4.59. The van der Waals surface area contributed by atoms with Gasteiger partial charge in [-0.05, 0) is 49.2 Å². The van der Waals surface area contributed by atoms with Crippen LogP contribution in [0.4, 0.5) is 22.0 Å². The lowest BCUT2D eigenvalue weighted by Crippen LogP contribution is -2.51. The first-order valence-electron chi connectivity index (χ1n) is 9.83. The number of halogens is 5. The molecule has 0 aliphatic carbocycles. The van der Waals surface area contributed by atoms with E-state index in [9.17, 15) is 36.3 Å². The number of rotatable bonds is 8. The molecule has 3 amide bonds. The largest absolute Gasteiger partial charge is 0.416 e. The molecule has 0 fully saturated rings. The first-order valence-corrected chi connectivity index (χ1v) is 9.83. The number of hydrogen-bond donors (Lipinski definition) is 3. The Kier molecular flexibility index (Phi) is 8.63.